The first-order valence-corrected chi connectivity index (χ1v) is 10.3. The van der Waals surface area contributed by atoms with Gasteiger partial charge < -0.3 is 20.1 Å². The van der Waals surface area contributed by atoms with Crippen molar-refractivity contribution < 1.29 is 9.47 Å². The van der Waals surface area contributed by atoms with Crippen molar-refractivity contribution >= 4 is 5.96 Å². The van der Waals surface area contributed by atoms with E-state index in [4.69, 9.17) is 14.5 Å². The lowest BCUT2D eigenvalue weighted by atomic mass is 9.67. The van der Waals surface area contributed by atoms with Gasteiger partial charge in [-0.05, 0) is 62.0 Å². The molecule has 2 N–H and O–H groups in total. The molecular weight excluding hydrogens is 340 g/mol. The number of rotatable bonds is 11. The molecule has 1 heterocycles. The summed E-state index contributed by atoms with van der Waals surface area (Å²) in [6.45, 7) is 6.13. The maximum Gasteiger partial charge on any atom is 0.213 e. The molecule has 0 amide bonds. The number of pyridine rings is 1. The molecule has 27 heavy (non-hydrogen) atoms. The Morgan fingerprint density at radius 1 is 1.33 bits per heavy atom. The predicted octanol–water partition coefficient (Wildman–Crippen LogP) is 3.13. The second kappa shape index (κ2) is 9.93. The maximum absolute atomic E-state index is 5.77. The van der Waals surface area contributed by atoms with E-state index in [1.165, 1.54) is 32.1 Å². The molecule has 0 saturated heterocycles. The van der Waals surface area contributed by atoms with Crippen LogP contribution < -0.4 is 15.4 Å². The standard InChI is InChI=1S/C21H34N4O2/c1-3-22-20(25-16-21(8-4-9-21)10-12-26-2)24-14-18-7-11-23-19(13-18)27-15-17-5-6-17/h7,11,13,17H,3-6,8-10,12,14-16H2,1-2H3,(H2,22,24,25). The van der Waals surface area contributed by atoms with Crippen LogP contribution in [0.1, 0.15) is 51.0 Å². The molecule has 2 fully saturated rings. The van der Waals surface area contributed by atoms with Crippen molar-refractivity contribution in [2.45, 2.75) is 52.0 Å². The number of guanidine groups is 1. The van der Waals surface area contributed by atoms with Gasteiger partial charge in [-0.25, -0.2) is 9.98 Å². The zero-order chi connectivity index (χ0) is 19.0. The molecule has 3 rings (SSSR count). The number of methoxy groups -OCH3 is 1. The Balaban J connectivity index is 1.52. The van der Waals surface area contributed by atoms with Gasteiger partial charge in [0.2, 0.25) is 5.88 Å². The van der Waals surface area contributed by atoms with E-state index >= 15 is 0 Å². The van der Waals surface area contributed by atoms with Crippen LogP contribution in [0.4, 0.5) is 0 Å². The van der Waals surface area contributed by atoms with Crippen molar-refractivity contribution in [3.63, 3.8) is 0 Å². The highest BCUT2D eigenvalue weighted by Crippen LogP contribution is 2.43. The Bertz CT molecular complexity index is 612. The highest BCUT2D eigenvalue weighted by Gasteiger charge is 2.36. The Hall–Kier alpha value is -1.82. The van der Waals surface area contributed by atoms with Crippen molar-refractivity contribution in [2.75, 3.05) is 33.4 Å². The summed E-state index contributed by atoms with van der Waals surface area (Å²) in [4.78, 5) is 9.06. The normalized spacial score (nSPS) is 18.7. The van der Waals surface area contributed by atoms with Crippen LogP contribution in [0.15, 0.2) is 23.3 Å². The van der Waals surface area contributed by atoms with Crippen LogP contribution in [0.2, 0.25) is 0 Å². The van der Waals surface area contributed by atoms with Gasteiger partial charge in [0.25, 0.3) is 0 Å². The summed E-state index contributed by atoms with van der Waals surface area (Å²) in [6.07, 6.45) is 9.36. The molecule has 6 nitrogen and oxygen atoms in total. The minimum atomic E-state index is 0.368. The summed E-state index contributed by atoms with van der Waals surface area (Å²) >= 11 is 0. The van der Waals surface area contributed by atoms with Gasteiger partial charge >= 0.3 is 0 Å². The molecule has 2 aliphatic rings. The van der Waals surface area contributed by atoms with Crippen LogP contribution in [-0.4, -0.2) is 44.4 Å². The molecule has 2 saturated carbocycles. The van der Waals surface area contributed by atoms with Gasteiger partial charge in [0, 0.05) is 39.1 Å². The SMILES string of the molecule is CCNC(=NCc1ccnc(OCC2CC2)c1)NCC1(CCOC)CCC1. The molecule has 0 bridgehead atoms. The van der Waals surface area contributed by atoms with Crippen LogP contribution in [0.25, 0.3) is 0 Å². The molecule has 1 aromatic rings. The molecule has 1 aromatic heterocycles. The number of hydrogen-bond acceptors (Lipinski definition) is 4. The number of aliphatic imine (C=N–C) groups is 1. The monoisotopic (exact) mass is 374 g/mol. The van der Waals surface area contributed by atoms with Gasteiger partial charge in [-0.3, -0.25) is 0 Å². The van der Waals surface area contributed by atoms with E-state index in [-0.39, 0.29) is 0 Å². The summed E-state index contributed by atoms with van der Waals surface area (Å²) in [6, 6.07) is 4.00. The van der Waals surface area contributed by atoms with E-state index in [0.29, 0.717) is 17.8 Å². The maximum atomic E-state index is 5.77. The van der Waals surface area contributed by atoms with Crippen LogP contribution >= 0.6 is 0 Å². The zero-order valence-electron chi connectivity index (χ0n) is 16.8. The second-order valence-corrected chi connectivity index (χ2v) is 7.90. The van der Waals surface area contributed by atoms with Crippen molar-refractivity contribution in [1.82, 2.24) is 15.6 Å². The van der Waals surface area contributed by atoms with Crippen LogP contribution in [0.5, 0.6) is 5.88 Å². The molecule has 2 aliphatic carbocycles. The van der Waals surface area contributed by atoms with Gasteiger partial charge in [-0.1, -0.05) is 6.42 Å². The van der Waals surface area contributed by atoms with Crippen molar-refractivity contribution in [2.24, 2.45) is 16.3 Å². The van der Waals surface area contributed by atoms with Crippen LogP contribution in [0.3, 0.4) is 0 Å². The molecule has 0 unspecified atom stereocenters. The molecule has 6 heteroatoms. The van der Waals surface area contributed by atoms with Crippen molar-refractivity contribution in [3.8, 4) is 5.88 Å². The summed E-state index contributed by atoms with van der Waals surface area (Å²) in [5.41, 5.74) is 1.48. The predicted molar refractivity (Wildman–Crippen MR) is 108 cm³/mol. The van der Waals surface area contributed by atoms with E-state index < -0.39 is 0 Å². The second-order valence-electron chi connectivity index (χ2n) is 7.90. The summed E-state index contributed by atoms with van der Waals surface area (Å²) in [7, 11) is 1.78. The first-order valence-electron chi connectivity index (χ1n) is 10.3. The molecule has 0 aromatic carbocycles. The van der Waals surface area contributed by atoms with Gasteiger partial charge in [-0.15, -0.1) is 0 Å². The van der Waals surface area contributed by atoms with E-state index in [1.54, 1.807) is 7.11 Å². The molecule has 0 aliphatic heterocycles. The quantitative estimate of drug-likeness (QED) is 0.460. The van der Waals surface area contributed by atoms with Crippen LogP contribution in [-0.2, 0) is 11.3 Å². The summed E-state index contributed by atoms with van der Waals surface area (Å²) in [5.74, 6) is 2.31. The topological polar surface area (TPSA) is 67.8 Å². The highest BCUT2D eigenvalue weighted by molar-refractivity contribution is 5.79. The van der Waals surface area contributed by atoms with E-state index in [1.807, 2.05) is 18.3 Å². The Morgan fingerprint density at radius 2 is 2.19 bits per heavy atom. The van der Waals surface area contributed by atoms with E-state index in [0.717, 1.165) is 50.2 Å². The Kier molecular flexibility index (Phi) is 7.33. The van der Waals surface area contributed by atoms with E-state index in [9.17, 15) is 0 Å². The third kappa shape index (κ3) is 6.38. The Morgan fingerprint density at radius 3 is 2.85 bits per heavy atom. The molecule has 0 atom stereocenters. The average molecular weight is 375 g/mol. The largest absolute Gasteiger partial charge is 0.477 e. The van der Waals surface area contributed by atoms with Gasteiger partial charge in [-0.2, -0.15) is 0 Å². The molecule has 0 spiro atoms. The number of nitrogens with zero attached hydrogens (tertiary/aromatic N) is 2. The average Bonchev–Trinajstić information content (AvgIpc) is 3.48. The zero-order valence-corrected chi connectivity index (χ0v) is 16.8. The first kappa shape index (κ1) is 19.9. The van der Waals surface area contributed by atoms with Gasteiger partial charge in [0.05, 0.1) is 13.2 Å². The van der Waals surface area contributed by atoms with Gasteiger partial charge in [0.1, 0.15) is 0 Å². The lowest BCUT2D eigenvalue weighted by Crippen LogP contribution is -2.46. The van der Waals surface area contributed by atoms with Gasteiger partial charge in [0.15, 0.2) is 5.96 Å². The third-order valence-corrected chi connectivity index (χ3v) is 5.61. The summed E-state index contributed by atoms with van der Waals surface area (Å²) < 4.78 is 11.1. The van der Waals surface area contributed by atoms with Crippen molar-refractivity contribution in [1.29, 1.82) is 0 Å². The minimum absolute atomic E-state index is 0.368. The molecular formula is C21H34N4O2. The lowest BCUT2D eigenvalue weighted by molar-refractivity contribution is 0.0732. The third-order valence-electron chi connectivity index (χ3n) is 5.61. The lowest BCUT2D eigenvalue weighted by Gasteiger charge is -2.42. The number of aromatic nitrogens is 1. The molecule has 0 radical (unpaired) electrons. The summed E-state index contributed by atoms with van der Waals surface area (Å²) in [5, 5.41) is 6.90. The number of ether oxygens (including phenoxy) is 2. The highest BCUT2D eigenvalue weighted by atomic mass is 16.5. The van der Waals surface area contributed by atoms with Crippen LogP contribution in [0, 0.1) is 11.3 Å². The fourth-order valence-corrected chi connectivity index (χ4v) is 3.41. The number of nitrogens with one attached hydrogen (secondary N) is 2. The fraction of sp³-hybridized carbons (Fsp3) is 0.714. The minimum Gasteiger partial charge on any atom is -0.477 e. The fourth-order valence-electron chi connectivity index (χ4n) is 3.41. The molecule has 150 valence electrons. The smallest absolute Gasteiger partial charge is 0.213 e. The first-order chi connectivity index (χ1) is 13.2. The van der Waals surface area contributed by atoms with Crippen molar-refractivity contribution in [3.05, 3.63) is 23.9 Å². The Labute approximate surface area is 163 Å². The van der Waals surface area contributed by atoms with E-state index in [2.05, 4.69) is 22.5 Å². The number of hydrogen-bond donors (Lipinski definition) is 2.